The summed E-state index contributed by atoms with van der Waals surface area (Å²) in [7, 11) is 2.01. The molecular weight excluding hydrogens is 166 g/mol. The molecule has 2 N–H and O–H groups in total. The number of likely N-dealkylation sites (N-methyl/N-ethyl adjacent to an activating group) is 1. The number of nitrogens with zero attached hydrogens (tertiary/aromatic N) is 1. The third-order valence-corrected chi connectivity index (χ3v) is 2.78. The largest absolute Gasteiger partial charge is 0.394 e. The first-order chi connectivity index (χ1) is 6.22. The van der Waals surface area contributed by atoms with Crippen molar-refractivity contribution >= 4 is 0 Å². The summed E-state index contributed by atoms with van der Waals surface area (Å²) in [5.74, 6) is 0.816. The lowest BCUT2D eigenvalue weighted by Gasteiger charge is -2.22. The molecule has 3 heteroatoms. The molecule has 0 aliphatic heterocycles. The summed E-state index contributed by atoms with van der Waals surface area (Å²) in [6, 6.07) is 0. The number of rotatable bonds is 5. The summed E-state index contributed by atoms with van der Waals surface area (Å²) in [5, 5.41) is 17.9. The van der Waals surface area contributed by atoms with E-state index in [1.165, 1.54) is 25.7 Å². The van der Waals surface area contributed by atoms with Crippen LogP contribution in [-0.4, -0.2) is 48.0 Å². The van der Waals surface area contributed by atoms with E-state index in [1.54, 1.807) is 0 Å². The van der Waals surface area contributed by atoms with Crippen LogP contribution in [-0.2, 0) is 0 Å². The first-order valence-corrected chi connectivity index (χ1v) is 5.20. The van der Waals surface area contributed by atoms with Crippen molar-refractivity contribution in [1.29, 1.82) is 0 Å². The Balaban J connectivity index is 2.12. The summed E-state index contributed by atoms with van der Waals surface area (Å²) in [4.78, 5) is 2.12. The van der Waals surface area contributed by atoms with E-state index in [-0.39, 0.29) is 6.61 Å². The van der Waals surface area contributed by atoms with Crippen LogP contribution in [0.15, 0.2) is 0 Å². The van der Waals surface area contributed by atoms with Gasteiger partial charge in [0, 0.05) is 13.1 Å². The van der Waals surface area contributed by atoms with Gasteiger partial charge >= 0.3 is 0 Å². The normalized spacial score (nSPS) is 21.2. The summed E-state index contributed by atoms with van der Waals surface area (Å²) in [5.41, 5.74) is 0. The zero-order valence-corrected chi connectivity index (χ0v) is 8.45. The van der Waals surface area contributed by atoms with Crippen molar-refractivity contribution in [2.45, 2.75) is 31.8 Å². The second-order valence-corrected chi connectivity index (χ2v) is 4.21. The molecule has 1 saturated carbocycles. The first-order valence-electron chi connectivity index (χ1n) is 5.20. The van der Waals surface area contributed by atoms with Crippen molar-refractivity contribution in [1.82, 2.24) is 4.90 Å². The Hall–Kier alpha value is -0.120. The highest BCUT2D eigenvalue weighted by molar-refractivity contribution is 4.71. The molecule has 0 saturated heterocycles. The van der Waals surface area contributed by atoms with Gasteiger partial charge in [-0.1, -0.05) is 12.8 Å². The SMILES string of the molecule is CN(CC(O)CO)CC1CCCC1. The Morgan fingerprint density at radius 3 is 2.54 bits per heavy atom. The highest BCUT2D eigenvalue weighted by Crippen LogP contribution is 2.24. The van der Waals surface area contributed by atoms with Crippen molar-refractivity contribution < 1.29 is 10.2 Å². The summed E-state index contributed by atoms with van der Waals surface area (Å²) < 4.78 is 0. The van der Waals surface area contributed by atoms with Crippen LogP contribution in [0.1, 0.15) is 25.7 Å². The van der Waals surface area contributed by atoms with E-state index in [0.717, 1.165) is 12.5 Å². The van der Waals surface area contributed by atoms with Crippen LogP contribution in [0.3, 0.4) is 0 Å². The van der Waals surface area contributed by atoms with Gasteiger partial charge in [-0.25, -0.2) is 0 Å². The predicted molar refractivity (Wildman–Crippen MR) is 52.5 cm³/mol. The minimum Gasteiger partial charge on any atom is -0.394 e. The Morgan fingerprint density at radius 1 is 1.38 bits per heavy atom. The molecule has 0 aromatic rings. The minimum absolute atomic E-state index is 0.130. The quantitative estimate of drug-likeness (QED) is 0.657. The van der Waals surface area contributed by atoms with E-state index in [0.29, 0.717) is 6.54 Å². The monoisotopic (exact) mass is 187 g/mol. The van der Waals surface area contributed by atoms with Crippen molar-refractivity contribution in [2.24, 2.45) is 5.92 Å². The number of hydrogen-bond donors (Lipinski definition) is 2. The average Bonchev–Trinajstić information content (AvgIpc) is 2.56. The van der Waals surface area contributed by atoms with Crippen molar-refractivity contribution in [3.8, 4) is 0 Å². The average molecular weight is 187 g/mol. The third-order valence-electron chi connectivity index (χ3n) is 2.78. The molecule has 1 rings (SSSR count). The maximum atomic E-state index is 9.21. The van der Waals surface area contributed by atoms with E-state index in [2.05, 4.69) is 4.90 Å². The standard InChI is InChI=1S/C10H21NO2/c1-11(7-10(13)8-12)6-9-4-2-3-5-9/h9-10,12-13H,2-8H2,1H3. The molecule has 1 aliphatic rings. The third kappa shape index (κ3) is 4.07. The van der Waals surface area contributed by atoms with E-state index in [4.69, 9.17) is 5.11 Å². The molecule has 0 aromatic heterocycles. The smallest absolute Gasteiger partial charge is 0.0897 e. The van der Waals surface area contributed by atoms with Crippen LogP contribution in [0.25, 0.3) is 0 Å². The first kappa shape index (κ1) is 11.0. The van der Waals surface area contributed by atoms with Crippen LogP contribution in [0.5, 0.6) is 0 Å². The number of hydrogen-bond acceptors (Lipinski definition) is 3. The molecule has 1 atom stereocenters. The molecule has 1 aliphatic carbocycles. The maximum Gasteiger partial charge on any atom is 0.0897 e. The summed E-state index contributed by atoms with van der Waals surface area (Å²) in [6.07, 6.45) is 4.81. The van der Waals surface area contributed by atoms with Gasteiger partial charge in [-0.05, 0) is 25.8 Å². The number of aliphatic hydroxyl groups is 2. The second kappa shape index (κ2) is 5.58. The highest BCUT2D eigenvalue weighted by atomic mass is 16.3. The fourth-order valence-corrected chi connectivity index (χ4v) is 2.13. The minimum atomic E-state index is -0.577. The molecule has 0 heterocycles. The Bertz CT molecular complexity index is 135. The highest BCUT2D eigenvalue weighted by Gasteiger charge is 2.17. The molecule has 78 valence electrons. The molecule has 0 spiro atoms. The van der Waals surface area contributed by atoms with Gasteiger partial charge in [-0.3, -0.25) is 0 Å². The fraction of sp³-hybridized carbons (Fsp3) is 1.00. The molecule has 13 heavy (non-hydrogen) atoms. The van der Waals surface area contributed by atoms with E-state index < -0.39 is 6.10 Å². The van der Waals surface area contributed by atoms with Gasteiger partial charge in [0.05, 0.1) is 12.7 Å². The van der Waals surface area contributed by atoms with Gasteiger partial charge in [0.15, 0.2) is 0 Å². The van der Waals surface area contributed by atoms with Crippen molar-refractivity contribution in [2.75, 3.05) is 26.7 Å². The van der Waals surface area contributed by atoms with E-state index >= 15 is 0 Å². The molecule has 0 aromatic carbocycles. The zero-order chi connectivity index (χ0) is 9.68. The van der Waals surface area contributed by atoms with Crippen LogP contribution in [0.4, 0.5) is 0 Å². The molecule has 1 fully saturated rings. The second-order valence-electron chi connectivity index (χ2n) is 4.21. The lowest BCUT2D eigenvalue weighted by atomic mass is 10.1. The molecule has 0 radical (unpaired) electrons. The Morgan fingerprint density at radius 2 is 2.00 bits per heavy atom. The molecule has 1 unspecified atom stereocenters. The Labute approximate surface area is 80.4 Å². The molecule has 0 amide bonds. The van der Waals surface area contributed by atoms with Crippen LogP contribution < -0.4 is 0 Å². The maximum absolute atomic E-state index is 9.21. The number of aliphatic hydroxyl groups excluding tert-OH is 2. The fourth-order valence-electron chi connectivity index (χ4n) is 2.13. The van der Waals surface area contributed by atoms with Gasteiger partial charge in [-0.2, -0.15) is 0 Å². The lowest BCUT2D eigenvalue weighted by molar-refractivity contribution is 0.0627. The molecule has 0 bridgehead atoms. The van der Waals surface area contributed by atoms with Crippen molar-refractivity contribution in [3.63, 3.8) is 0 Å². The van der Waals surface area contributed by atoms with Crippen LogP contribution in [0.2, 0.25) is 0 Å². The van der Waals surface area contributed by atoms with Gasteiger partial charge in [0.2, 0.25) is 0 Å². The van der Waals surface area contributed by atoms with Gasteiger partial charge in [0.25, 0.3) is 0 Å². The van der Waals surface area contributed by atoms with Crippen LogP contribution >= 0.6 is 0 Å². The van der Waals surface area contributed by atoms with Gasteiger partial charge < -0.3 is 15.1 Å². The Kier molecular flexibility index (Phi) is 4.70. The van der Waals surface area contributed by atoms with Crippen molar-refractivity contribution in [3.05, 3.63) is 0 Å². The van der Waals surface area contributed by atoms with Gasteiger partial charge in [-0.15, -0.1) is 0 Å². The van der Waals surface area contributed by atoms with Crippen LogP contribution in [0, 0.1) is 5.92 Å². The topological polar surface area (TPSA) is 43.7 Å². The molecular formula is C10H21NO2. The summed E-state index contributed by atoms with van der Waals surface area (Å²) >= 11 is 0. The van der Waals surface area contributed by atoms with E-state index in [1.807, 2.05) is 7.05 Å². The molecule has 3 nitrogen and oxygen atoms in total. The summed E-state index contributed by atoms with van der Waals surface area (Å²) in [6.45, 7) is 1.53. The predicted octanol–water partition coefficient (Wildman–Crippen LogP) is 0.462. The lowest BCUT2D eigenvalue weighted by Crippen LogP contribution is -2.34. The zero-order valence-electron chi connectivity index (χ0n) is 8.45. The van der Waals surface area contributed by atoms with E-state index in [9.17, 15) is 5.11 Å². The van der Waals surface area contributed by atoms with Gasteiger partial charge in [0.1, 0.15) is 0 Å².